The van der Waals surface area contributed by atoms with Crippen molar-refractivity contribution in [3.63, 3.8) is 0 Å². The van der Waals surface area contributed by atoms with E-state index in [4.69, 9.17) is 15.2 Å². The van der Waals surface area contributed by atoms with Gasteiger partial charge in [-0.15, -0.1) is 0 Å². The average Bonchev–Trinajstić information content (AvgIpc) is 2.41. The zero-order valence-electron chi connectivity index (χ0n) is 12.4. The van der Waals surface area contributed by atoms with Crippen molar-refractivity contribution in [3.05, 3.63) is 23.8 Å². The van der Waals surface area contributed by atoms with Crippen molar-refractivity contribution in [1.82, 2.24) is 5.32 Å². The van der Waals surface area contributed by atoms with Crippen LogP contribution in [0, 0.1) is 5.92 Å². The van der Waals surface area contributed by atoms with Crippen LogP contribution in [-0.2, 0) is 4.74 Å². The first kappa shape index (κ1) is 16.3. The van der Waals surface area contributed by atoms with Gasteiger partial charge >= 0.3 is 0 Å². The minimum Gasteiger partial charge on any atom is -0.497 e. The van der Waals surface area contributed by atoms with Crippen LogP contribution in [0.15, 0.2) is 18.2 Å². The van der Waals surface area contributed by atoms with Gasteiger partial charge in [0.2, 0.25) is 0 Å². The average molecular weight is 280 g/mol. The Kier molecular flexibility index (Phi) is 6.87. The van der Waals surface area contributed by atoms with Crippen LogP contribution in [0.1, 0.15) is 30.6 Å². The predicted molar refractivity (Wildman–Crippen MR) is 80.0 cm³/mol. The third-order valence-corrected chi connectivity index (χ3v) is 2.87. The Bertz CT molecular complexity index is 433. The van der Waals surface area contributed by atoms with Crippen LogP contribution >= 0.6 is 0 Å². The molecule has 0 aromatic heterocycles. The lowest BCUT2D eigenvalue weighted by molar-refractivity contribution is 0.0906. The minimum atomic E-state index is -0.197. The summed E-state index contributed by atoms with van der Waals surface area (Å²) in [5, 5.41) is 2.78. The molecule has 0 unspecified atom stereocenters. The second-order valence-electron chi connectivity index (χ2n) is 5.00. The Hall–Kier alpha value is -1.75. The summed E-state index contributed by atoms with van der Waals surface area (Å²) in [5.74, 6) is 1.07. The molecule has 0 heterocycles. The lowest BCUT2D eigenvalue weighted by atomic mass is 10.1. The number of hydrogen-bond donors (Lipinski definition) is 2. The van der Waals surface area contributed by atoms with Gasteiger partial charge in [0.1, 0.15) is 5.75 Å². The molecule has 1 aromatic rings. The number of nitrogens with two attached hydrogens (primary N) is 1. The van der Waals surface area contributed by atoms with Gasteiger partial charge in [-0.1, -0.05) is 13.8 Å². The van der Waals surface area contributed by atoms with Gasteiger partial charge in [0.25, 0.3) is 5.91 Å². The van der Waals surface area contributed by atoms with E-state index in [9.17, 15) is 4.79 Å². The normalized spacial score (nSPS) is 10.6. The molecular weight excluding hydrogens is 256 g/mol. The fourth-order valence-corrected chi connectivity index (χ4v) is 1.63. The van der Waals surface area contributed by atoms with Crippen LogP contribution in [-0.4, -0.2) is 32.8 Å². The number of carbonyl (C=O) groups excluding carboxylic acids is 1. The van der Waals surface area contributed by atoms with Crippen LogP contribution in [0.3, 0.4) is 0 Å². The molecule has 1 amide bonds. The van der Waals surface area contributed by atoms with Crippen molar-refractivity contribution in [2.24, 2.45) is 5.92 Å². The van der Waals surface area contributed by atoms with Crippen LogP contribution < -0.4 is 15.8 Å². The van der Waals surface area contributed by atoms with Crippen LogP contribution in [0.2, 0.25) is 0 Å². The highest BCUT2D eigenvalue weighted by Crippen LogP contribution is 2.19. The Balaban J connectivity index is 2.32. The second-order valence-corrected chi connectivity index (χ2v) is 5.00. The molecule has 0 radical (unpaired) electrons. The number of methoxy groups -OCH3 is 1. The van der Waals surface area contributed by atoms with E-state index in [-0.39, 0.29) is 5.91 Å². The number of nitrogens with one attached hydrogen (secondary N) is 1. The molecule has 0 fully saturated rings. The summed E-state index contributed by atoms with van der Waals surface area (Å²) in [6.07, 6.45) is 1.03. The molecular formula is C15H24N2O3. The molecule has 112 valence electrons. The number of benzene rings is 1. The smallest absolute Gasteiger partial charge is 0.253 e. The summed E-state index contributed by atoms with van der Waals surface area (Å²) >= 11 is 0. The van der Waals surface area contributed by atoms with Crippen LogP contribution in [0.5, 0.6) is 5.75 Å². The molecule has 0 bridgehead atoms. The van der Waals surface area contributed by atoms with Crippen molar-refractivity contribution >= 4 is 11.6 Å². The monoisotopic (exact) mass is 280 g/mol. The lowest BCUT2D eigenvalue weighted by Crippen LogP contribution is -2.28. The molecule has 1 rings (SSSR count). The van der Waals surface area contributed by atoms with E-state index in [1.807, 2.05) is 0 Å². The summed E-state index contributed by atoms with van der Waals surface area (Å²) in [4.78, 5) is 11.9. The molecule has 0 saturated heterocycles. The van der Waals surface area contributed by atoms with Crippen molar-refractivity contribution in [3.8, 4) is 5.75 Å². The molecule has 20 heavy (non-hydrogen) atoms. The molecule has 0 aliphatic carbocycles. The summed E-state index contributed by atoms with van der Waals surface area (Å²) < 4.78 is 10.5. The number of hydrogen-bond acceptors (Lipinski definition) is 4. The van der Waals surface area contributed by atoms with Crippen LogP contribution in [0.25, 0.3) is 0 Å². The molecule has 1 aromatic carbocycles. The van der Waals surface area contributed by atoms with Crippen LogP contribution in [0.4, 0.5) is 5.69 Å². The first-order valence-corrected chi connectivity index (χ1v) is 6.84. The minimum absolute atomic E-state index is 0.197. The van der Waals surface area contributed by atoms with Crippen molar-refractivity contribution in [2.45, 2.75) is 20.3 Å². The summed E-state index contributed by atoms with van der Waals surface area (Å²) in [7, 11) is 1.56. The molecule has 0 atom stereocenters. The van der Waals surface area contributed by atoms with Gasteiger partial charge < -0.3 is 20.5 Å². The zero-order valence-corrected chi connectivity index (χ0v) is 12.4. The van der Waals surface area contributed by atoms with Crippen molar-refractivity contribution in [1.29, 1.82) is 0 Å². The highest BCUT2D eigenvalue weighted by Gasteiger charge is 2.09. The highest BCUT2D eigenvalue weighted by molar-refractivity contribution is 5.99. The predicted octanol–water partition coefficient (Wildman–Crippen LogP) is 2.07. The molecule has 5 nitrogen and oxygen atoms in total. The Labute approximate surface area is 120 Å². The van der Waals surface area contributed by atoms with E-state index >= 15 is 0 Å². The molecule has 5 heteroatoms. The maximum Gasteiger partial charge on any atom is 0.253 e. The van der Waals surface area contributed by atoms with E-state index in [0.29, 0.717) is 36.1 Å². The van der Waals surface area contributed by atoms with E-state index in [2.05, 4.69) is 19.2 Å². The molecule has 0 spiro atoms. The number of carbonyl (C=O) groups is 1. The fraction of sp³-hybridized carbons (Fsp3) is 0.533. The van der Waals surface area contributed by atoms with Crippen molar-refractivity contribution in [2.75, 3.05) is 32.6 Å². The first-order valence-electron chi connectivity index (χ1n) is 6.84. The van der Waals surface area contributed by atoms with Gasteiger partial charge in [-0.05, 0) is 24.5 Å². The Morgan fingerprint density at radius 3 is 2.70 bits per heavy atom. The third-order valence-electron chi connectivity index (χ3n) is 2.87. The first-order chi connectivity index (χ1) is 9.54. The topological polar surface area (TPSA) is 73.6 Å². The fourth-order valence-electron chi connectivity index (χ4n) is 1.63. The number of anilines is 1. The van der Waals surface area contributed by atoms with E-state index in [1.165, 1.54) is 0 Å². The molecule has 0 aliphatic heterocycles. The number of nitrogen functional groups attached to an aromatic ring is 1. The van der Waals surface area contributed by atoms with E-state index in [1.54, 1.807) is 25.3 Å². The van der Waals surface area contributed by atoms with Crippen molar-refractivity contribution < 1.29 is 14.3 Å². The maximum absolute atomic E-state index is 11.9. The number of amides is 1. The Morgan fingerprint density at radius 2 is 2.10 bits per heavy atom. The summed E-state index contributed by atoms with van der Waals surface area (Å²) in [6.45, 7) is 6.00. The van der Waals surface area contributed by atoms with Gasteiger partial charge in [0.05, 0.1) is 19.3 Å². The van der Waals surface area contributed by atoms with Gasteiger partial charge in [-0.25, -0.2) is 0 Å². The van der Waals surface area contributed by atoms with E-state index in [0.717, 1.165) is 13.0 Å². The Morgan fingerprint density at radius 1 is 1.35 bits per heavy atom. The number of rotatable bonds is 8. The maximum atomic E-state index is 11.9. The van der Waals surface area contributed by atoms with E-state index < -0.39 is 0 Å². The highest BCUT2D eigenvalue weighted by atomic mass is 16.5. The molecule has 0 saturated carbocycles. The quantitative estimate of drug-likeness (QED) is 0.565. The largest absolute Gasteiger partial charge is 0.497 e. The SMILES string of the molecule is COc1ccc(C(=O)NCCOCCC(C)C)c(N)c1. The third kappa shape index (κ3) is 5.48. The molecule has 0 aliphatic rings. The zero-order chi connectivity index (χ0) is 15.0. The van der Waals surface area contributed by atoms with Gasteiger partial charge in [-0.3, -0.25) is 4.79 Å². The molecule has 3 N–H and O–H groups in total. The number of ether oxygens (including phenoxy) is 2. The van der Waals surface area contributed by atoms with Gasteiger partial charge in [-0.2, -0.15) is 0 Å². The van der Waals surface area contributed by atoms with Gasteiger partial charge in [0, 0.05) is 24.9 Å². The standard InChI is InChI=1S/C15H24N2O3/c1-11(2)6-8-20-9-7-17-15(18)13-5-4-12(19-3)10-14(13)16/h4-5,10-11H,6-9,16H2,1-3H3,(H,17,18). The lowest BCUT2D eigenvalue weighted by Gasteiger charge is -2.10. The second kappa shape index (κ2) is 8.43. The van der Waals surface area contributed by atoms with Gasteiger partial charge in [0.15, 0.2) is 0 Å². The summed E-state index contributed by atoms with van der Waals surface area (Å²) in [6, 6.07) is 5.00. The summed E-state index contributed by atoms with van der Waals surface area (Å²) in [5.41, 5.74) is 6.67.